The third-order valence-corrected chi connectivity index (χ3v) is 6.49. The van der Waals surface area contributed by atoms with Crippen LogP contribution in [0.4, 0.5) is 4.39 Å². The molecule has 122 valence electrons. The van der Waals surface area contributed by atoms with Gasteiger partial charge in [-0.05, 0) is 60.6 Å². The van der Waals surface area contributed by atoms with Crippen molar-refractivity contribution in [1.82, 2.24) is 0 Å². The highest BCUT2D eigenvalue weighted by Crippen LogP contribution is 2.51. The van der Waals surface area contributed by atoms with E-state index in [1.165, 1.54) is 76.2 Å². The molecule has 0 saturated heterocycles. The Morgan fingerprint density at radius 1 is 0.955 bits per heavy atom. The largest absolute Gasteiger partial charge is 0.207 e. The van der Waals surface area contributed by atoms with Crippen LogP contribution in [0.25, 0.3) is 0 Å². The van der Waals surface area contributed by atoms with Gasteiger partial charge in [-0.2, -0.15) is 0 Å². The molecule has 0 bridgehead atoms. The Hall–Kier alpha value is -0.850. The van der Waals surface area contributed by atoms with Crippen LogP contribution < -0.4 is 0 Å². The number of hydrogen-bond donors (Lipinski definition) is 0. The molecule has 0 radical (unpaired) electrons. The minimum Gasteiger partial charge on any atom is -0.207 e. The highest BCUT2D eigenvalue weighted by atomic mass is 19.1. The number of rotatable bonds is 4. The first kappa shape index (κ1) is 16.0. The fourth-order valence-corrected chi connectivity index (χ4v) is 5.31. The van der Waals surface area contributed by atoms with Gasteiger partial charge >= 0.3 is 0 Å². The van der Waals surface area contributed by atoms with Crippen molar-refractivity contribution < 1.29 is 4.39 Å². The predicted octanol–water partition coefficient (Wildman–Crippen LogP) is 6.63. The van der Waals surface area contributed by atoms with Gasteiger partial charge in [-0.15, -0.1) is 0 Å². The van der Waals surface area contributed by atoms with Gasteiger partial charge in [0, 0.05) is 0 Å². The standard InChI is InChI=1S/C21H31F/c1-2-6-17-7-9-18(10-8-17)21(15-4-3-5-16-21)19-11-13-20(22)14-12-19/h11-14,17-18H,2-10,15-16H2,1H3/t17-,18-. The molecule has 0 unspecified atom stereocenters. The minimum atomic E-state index is -0.0960. The molecule has 0 aliphatic heterocycles. The molecule has 1 aromatic carbocycles. The fourth-order valence-electron chi connectivity index (χ4n) is 5.31. The Labute approximate surface area is 135 Å². The van der Waals surface area contributed by atoms with Gasteiger partial charge < -0.3 is 0 Å². The van der Waals surface area contributed by atoms with Gasteiger partial charge in [0.1, 0.15) is 5.82 Å². The van der Waals surface area contributed by atoms with Crippen molar-refractivity contribution >= 4 is 0 Å². The maximum Gasteiger partial charge on any atom is 0.123 e. The number of halogens is 1. The third kappa shape index (κ3) is 3.24. The van der Waals surface area contributed by atoms with Crippen molar-refractivity contribution in [2.75, 3.05) is 0 Å². The second-order valence-corrected chi connectivity index (χ2v) is 7.73. The topological polar surface area (TPSA) is 0 Å². The Balaban J connectivity index is 1.79. The molecule has 2 saturated carbocycles. The normalized spacial score (nSPS) is 28.5. The summed E-state index contributed by atoms with van der Waals surface area (Å²) in [5.74, 6) is 1.70. The smallest absolute Gasteiger partial charge is 0.123 e. The first-order valence-corrected chi connectivity index (χ1v) is 9.50. The van der Waals surface area contributed by atoms with Crippen LogP contribution in [-0.4, -0.2) is 0 Å². The Morgan fingerprint density at radius 2 is 1.59 bits per heavy atom. The summed E-state index contributed by atoms with van der Waals surface area (Å²) in [4.78, 5) is 0. The van der Waals surface area contributed by atoms with Crippen LogP contribution in [0.15, 0.2) is 24.3 Å². The molecular weight excluding hydrogens is 271 g/mol. The molecule has 0 spiro atoms. The maximum absolute atomic E-state index is 13.4. The van der Waals surface area contributed by atoms with Crippen LogP contribution >= 0.6 is 0 Å². The van der Waals surface area contributed by atoms with Gasteiger partial charge in [0.25, 0.3) is 0 Å². The second kappa shape index (κ2) is 7.15. The summed E-state index contributed by atoms with van der Waals surface area (Å²) in [6, 6.07) is 7.51. The van der Waals surface area contributed by atoms with Crippen molar-refractivity contribution in [1.29, 1.82) is 0 Å². The van der Waals surface area contributed by atoms with Crippen LogP contribution in [0.3, 0.4) is 0 Å². The average Bonchev–Trinajstić information content (AvgIpc) is 2.57. The summed E-state index contributed by atoms with van der Waals surface area (Å²) < 4.78 is 13.4. The molecule has 22 heavy (non-hydrogen) atoms. The van der Waals surface area contributed by atoms with Crippen LogP contribution in [0.1, 0.15) is 83.1 Å². The lowest BCUT2D eigenvalue weighted by Gasteiger charge is -2.47. The van der Waals surface area contributed by atoms with E-state index in [1.54, 1.807) is 12.1 Å². The molecule has 0 nitrogen and oxygen atoms in total. The quantitative estimate of drug-likeness (QED) is 0.585. The molecule has 2 aliphatic carbocycles. The van der Waals surface area contributed by atoms with Gasteiger partial charge in [0.15, 0.2) is 0 Å². The zero-order chi connectivity index (χ0) is 15.4. The number of benzene rings is 1. The molecular formula is C21H31F. The van der Waals surface area contributed by atoms with Crippen LogP contribution in [0.5, 0.6) is 0 Å². The highest BCUT2D eigenvalue weighted by Gasteiger charge is 2.42. The second-order valence-electron chi connectivity index (χ2n) is 7.73. The Kier molecular flexibility index (Phi) is 5.21. The van der Waals surface area contributed by atoms with Crippen molar-refractivity contribution in [3.8, 4) is 0 Å². The first-order chi connectivity index (χ1) is 10.7. The molecule has 2 fully saturated rings. The van der Waals surface area contributed by atoms with Crippen LogP contribution in [-0.2, 0) is 5.41 Å². The van der Waals surface area contributed by atoms with Crippen LogP contribution in [0.2, 0.25) is 0 Å². The minimum absolute atomic E-state index is 0.0960. The summed E-state index contributed by atoms with van der Waals surface area (Å²) in [6.07, 6.45) is 15.1. The third-order valence-electron chi connectivity index (χ3n) is 6.49. The summed E-state index contributed by atoms with van der Waals surface area (Å²) >= 11 is 0. The van der Waals surface area contributed by atoms with Gasteiger partial charge in [0.05, 0.1) is 0 Å². The SMILES string of the molecule is CCC[C@H]1CC[C@H](C2(c3ccc(F)cc3)CCCCC2)CC1. The Bertz CT molecular complexity index is 447. The van der Waals surface area contributed by atoms with E-state index < -0.39 is 0 Å². The molecule has 0 heterocycles. The monoisotopic (exact) mass is 302 g/mol. The summed E-state index contributed by atoms with van der Waals surface area (Å²) in [5.41, 5.74) is 1.77. The lowest BCUT2D eigenvalue weighted by Crippen LogP contribution is -2.39. The summed E-state index contributed by atoms with van der Waals surface area (Å²) in [7, 11) is 0. The molecule has 2 aliphatic rings. The molecule has 0 amide bonds. The van der Waals surface area contributed by atoms with Crippen molar-refractivity contribution in [2.24, 2.45) is 11.8 Å². The summed E-state index contributed by atoms with van der Waals surface area (Å²) in [5, 5.41) is 0. The van der Waals surface area contributed by atoms with E-state index in [2.05, 4.69) is 19.1 Å². The van der Waals surface area contributed by atoms with E-state index in [4.69, 9.17) is 0 Å². The van der Waals surface area contributed by atoms with Gasteiger partial charge in [0.2, 0.25) is 0 Å². The fraction of sp³-hybridized carbons (Fsp3) is 0.714. The van der Waals surface area contributed by atoms with Crippen molar-refractivity contribution in [3.63, 3.8) is 0 Å². The molecule has 1 aromatic rings. The molecule has 3 rings (SSSR count). The van der Waals surface area contributed by atoms with E-state index in [9.17, 15) is 4.39 Å². The maximum atomic E-state index is 13.4. The number of hydrogen-bond acceptors (Lipinski definition) is 0. The van der Waals surface area contributed by atoms with E-state index >= 15 is 0 Å². The average molecular weight is 302 g/mol. The van der Waals surface area contributed by atoms with Crippen molar-refractivity contribution in [2.45, 2.75) is 83.0 Å². The lowest BCUT2D eigenvalue weighted by atomic mass is 9.57. The molecule has 0 atom stereocenters. The molecule has 1 heteroatoms. The van der Waals surface area contributed by atoms with E-state index in [-0.39, 0.29) is 5.82 Å². The molecule has 0 aromatic heterocycles. The van der Waals surface area contributed by atoms with E-state index in [0.29, 0.717) is 5.41 Å². The predicted molar refractivity (Wildman–Crippen MR) is 91.5 cm³/mol. The van der Waals surface area contributed by atoms with Gasteiger partial charge in [-0.1, -0.05) is 64.0 Å². The van der Waals surface area contributed by atoms with Crippen molar-refractivity contribution in [3.05, 3.63) is 35.6 Å². The first-order valence-electron chi connectivity index (χ1n) is 9.50. The summed E-state index contributed by atoms with van der Waals surface area (Å²) in [6.45, 7) is 2.31. The van der Waals surface area contributed by atoms with E-state index in [0.717, 1.165) is 11.8 Å². The van der Waals surface area contributed by atoms with Crippen LogP contribution in [0, 0.1) is 17.7 Å². The zero-order valence-corrected chi connectivity index (χ0v) is 14.1. The Morgan fingerprint density at radius 3 is 2.18 bits per heavy atom. The lowest BCUT2D eigenvalue weighted by molar-refractivity contribution is 0.125. The van der Waals surface area contributed by atoms with E-state index in [1.807, 2.05) is 0 Å². The molecule has 0 N–H and O–H groups in total. The zero-order valence-electron chi connectivity index (χ0n) is 14.1. The highest BCUT2D eigenvalue weighted by molar-refractivity contribution is 5.28. The van der Waals surface area contributed by atoms with Gasteiger partial charge in [-0.25, -0.2) is 4.39 Å². The van der Waals surface area contributed by atoms with Gasteiger partial charge in [-0.3, -0.25) is 0 Å².